The number of carbonyl (C=O) groups excluding carboxylic acids is 1. The summed E-state index contributed by atoms with van der Waals surface area (Å²) in [6, 6.07) is 11.9. The van der Waals surface area contributed by atoms with E-state index in [-0.39, 0.29) is 11.9 Å². The summed E-state index contributed by atoms with van der Waals surface area (Å²) in [6.45, 7) is 2.37. The van der Waals surface area contributed by atoms with Crippen LogP contribution >= 0.6 is 11.3 Å². The first-order valence-corrected chi connectivity index (χ1v) is 12.1. The molecular weight excluding hydrogens is 448 g/mol. The number of amides is 1. The first kappa shape index (κ1) is 24.1. The predicted molar refractivity (Wildman–Crippen MR) is 137 cm³/mol. The Morgan fingerprint density at radius 3 is 2.85 bits per heavy atom. The third-order valence-corrected chi connectivity index (χ3v) is 6.67. The second-order valence-corrected chi connectivity index (χ2v) is 9.54. The SMILES string of the molecule is CNC(CC1=NC(OCc2cccc(CC(=O)N(C)C)c2)N=CC1)c1nc2ccc(C)nc2s1. The number of hydrogen-bond donors (Lipinski definition) is 1. The zero-order valence-corrected chi connectivity index (χ0v) is 20.8. The van der Waals surface area contributed by atoms with Crippen LogP contribution in [0.2, 0.25) is 0 Å². The molecule has 0 saturated carbocycles. The minimum Gasteiger partial charge on any atom is -0.349 e. The maximum atomic E-state index is 12.0. The average molecular weight is 479 g/mol. The van der Waals surface area contributed by atoms with E-state index >= 15 is 0 Å². The number of nitrogens with one attached hydrogen (secondary N) is 1. The minimum atomic E-state index is -0.562. The zero-order chi connectivity index (χ0) is 24.1. The Kier molecular flexibility index (Phi) is 7.77. The van der Waals surface area contributed by atoms with Crippen LogP contribution in [0.5, 0.6) is 0 Å². The number of carbonyl (C=O) groups is 1. The summed E-state index contributed by atoms with van der Waals surface area (Å²) in [6.07, 6.45) is 3.10. The van der Waals surface area contributed by atoms with Gasteiger partial charge in [-0.2, -0.15) is 0 Å². The number of aliphatic imine (C=N–C) groups is 2. The van der Waals surface area contributed by atoms with Crippen molar-refractivity contribution in [1.29, 1.82) is 0 Å². The molecule has 0 bridgehead atoms. The van der Waals surface area contributed by atoms with Gasteiger partial charge in [0.2, 0.25) is 12.3 Å². The van der Waals surface area contributed by atoms with E-state index in [0.29, 0.717) is 19.4 Å². The first-order valence-electron chi connectivity index (χ1n) is 11.3. The van der Waals surface area contributed by atoms with E-state index in [0.717, 1.165) is 44.3 Å². The van der Waals surface area contributed by atoms with Crippen molar-refractivity contribution < 1.29 is 9.53 Å². The largest absolute Gasteiger partial charge is 0.349 e. The van der Waals surface area contributed by atoms with E-state index < -0.39 is 6.35 Å². The van der Waals surface area contributed by atoms with Gasteiger partial charge < -0.3 is 15.0 Å². The molecule has 2 unspecified atom stereocenters. The number of thiazole rings is 1. The van der Waals surface area contributed by atoms with Crippen molar-refractivity contribution in [2.24, 2.45) is 9.98 Å². The van der Waals surface area contributed by atoms with Crippen molar-refractivity contribution in [3.63, 3.8) is 0 Å². The summed E-state index contributed by atoms with van der Waals surface area (Å²) in [7, 11) is 5.47. The fourth-order valence-corrected chi connectivity index (χ4v) is 4.76. The van der Waals surface area contributed by atoms with Gasteiger partial charge in [0.15, 0.2) is 0 Å². The van der Waals surface area contributed by atoms with Gasteiger partial charge in [0.1, 0.15) is 15.4 Å². The number of fused-ring (bicyclic) bond motifs is 1. The van der Waals surface area contributed by atoms with Gasteiger partial charge in [0.25, 0.3) is 0 Å². The number of rotatable bonds is 9. The first-order chi connectivity index (χ1) is 16.4. The van der Waals surface area contributed by atoms with Gasteiger partial charge in [0.05, 0.1) is 19.1 Å². The highest BCUT2D eigenvalue weighted by Crippen LogP contribution is 2.28. The van der Waals surface area contributed by atoms with E-state index in [1.165, 1.54) is 0 Å². The van der Waals surface area contributed by atoms with Gasteiger partial charge in [-0.05, 0) is 37.2 Å². The monoisotopic (exact) mass is 478 g/mol. The number of nitrogens with zero attached hydrogens (tertiary/aromatic N) is 5. The number of hydrogen-bond acceptors (Lipinski definition) is 8. The Hall–Kier alpha value is -3.01. The summed E-state index contributed by atoms with van der Waals surface area (Å²) in [5.74, 6) is 0.0716. The highest BCUT2D eigenvalue weighted by molar-refractivity contribution is 7.18. The van der Waals surface area contributed by atoms with Gasteiger partial charge in [0, 0.05) is 44.6 Å². The molecule has 2 aromatic heterocycles. The Morgan fingerprint density at radius 2 is 2.06 bits per heavy atom. The minimum absolute atomic E-state index is 0.0521. The molecule has 0 fully saturated rings. The average Bonchev–Trinajstić information content (AvgIpc) is 3.24. The predicted octanol–water partition coefficient (Wildman–Crippen LogP) is 3.70. The Bertz CT molecular complexity index is 1220. The lowest BCUT2D eigenvalue weighted by Gasteiger charge is -2.19. The fourth-order valence-electron chi connectivity index (χ4n) is 3.66. The Balaban J connectivity index is 1.38. The van der Waals surface area contributed by atoms with Crippen LogP contribution < -0.4 is 5.32 Å². The lowest BCUT2D eigenvalue weighted by atomic mass is 10.1. The second kappa shape index (κ2) is 10.9. The van der Waals surface area contributed by atoms with Gasteiger partial charge in [-0.3, -0.25) is 4.79 Å². The van der Waals surface area contributed by atoms with Crippen LogP contribution in [0.4, 0.5) is 0 Å². The van der Waals surface area contributed by atoms with Crippen molar-refractivity contribution in [3.8, 4) is 0 Å². The van der Waals surface area contributed by atoms with Crippen molar-refractivity contribution in [1.82, 2.24) is 20.2 Å². The highest BCUT2D eigenvalue weighted by atomic mass is 32.1. The number of ether oxygens (including phenoxy) is 1. The van der Waals surface area contributed by atoms with E-state index in [1.807, 2.05) is 56.6 Å². The maximum Gasteiger partial charge on any atom is 0.245 e. The Morgan fingerprint density at radius 1 is 1.24 bits per heavy atom. The molecular formula is C25H30N6O2S. The molecule has 9 heteroatoms. The van der Waals surface area contributed by atoms with Crippen LogP contribution in [-0.4, -0.2) is 60.2 Å². The van der Waals surface area contributed by atoms with Crippen molar-refractivity contribution in [3.05, 3.63) is 58.2 Å². The van der Waals surface area contributed by atoms with Gasteiger partial charge in [-0.15, -0.1) is 0 Å². The van der Waals surface area contributed by atoms with Gasteiger partial charge >= 0.3 is 0 Å². The van der Waals surface area contributed by atoms with Crippen LogP contribution in [0.1, 0.15) is 40.7 Å². The molecule has 8 nitrogen and oxygen atoms in total. The molecule has 1 N–H and O–H groups in total. The normalized spacial score (nSPS) is 16.5. The molecule has 3 aromatic rings. The molecule has 1 aliphatic rings. The second-order valence-electron chi connectivity index (χ2n) is 8.53. The van der Waals surface area contributed by atoms with Crippen LogP contribution in [0.3, 0.4) is 0 Å². The van der Waals surface area contributed by atoms with Crippen LogP contribution in [0, 0.1) is 6.92 Å². The smallest absolute Gasteiger partial charge is 0.245 e. The maximum absolute atomic E-state index is 12.0. The lowest BCUT2D eigenvalue weighted by Crippen LogP contribution is -2.24. The molecule has 0 radical (unpaired) electrons. The van der Waals surface area contributed by atoms with E-state index in [9.17, 15) is 4.79 Å². The summed E-state index contributed by atoms with van der Waals surface area (Å²) in [4.78, 5) is 33.0. The van der Waals surface area contributed by atoms with Crippen LogP contribution in [0.15, 0.2) is 46.4 Å². The summed E-state index contributed by atoms with van der Waals surface area (Å²) in [5.41, 5.74) is 4.90. The van der Waals surface area contributed by atoms with E-state index in [1.54, 1.807) is 30.3 Å². The van der Waals surface area contributed by atoms with Gasteiger partial charge in [-0.25, -0.2) is 20.0 Å². The van der Waals surface area contributed by atoms with Crippen LogP contribution in [0.25, 0.3) is 10.3 Å². The molecule has 3 heterocycles. The summed E-state index contributed by atoms with van der Waals surface area (Å²) < 4.78 is 5.96. The van der Waals surface area contributed by atoms with Crippen molar-refractivity contribution in [2.45, 2.75) is 45.2 Å². The topological polar surface area (TPSA) is 92.1 Å². The number of likely N-dealkylation sites (N-methyl/N-ethyl adjacent to an activating group) is 1. The number of pyridine rings is 1. The quantitative estimate of drug-likeness (QED) is 0.506. The summed E-state index contributed by atoms with van der Waals surface area (Å²) >= 11 is 1.62. The standard InChI is InChI=1S/C25H30N6O2S/c1-16-8-9-20-23(28-16)34-24(30-20)21(26-2)14-19-10-11-27-25(29-19)33-15-18-7-5-6-17(12-18)13-22(32)31(3)4/h5-9,11-12,21,25-26H,10,13-15H2,1-4H3. The van der Waals surface area contributed by atoms with Gasteiger partial charge in [-0.1, -0.05) is 35.6 Å². The fraction of sp³-hybridized carbons (Fsp3) is 0.400. The molecule has 1 aromatic carbocycles. The molecule has 34 heavy (non-hydrogen) atoms. The third kappa shape index (κ3) is 6.11. The zero-order valence-electron chi connectivity index (χ0n) is 20.0. The van der Waals surface area contributed by atoms with E-state index in [2.05, 4.69) is 15.3 Å². The number of aromatic nitrogens is 2. The molecule has 0 aliphatic carbocycles. The number of benzene rings is 1. The molecule has 2 atom stereocenters. The molecule has 0 saturated heterocycles. The molecule has 1 aliphatic heterocycles. The Labute approximate surface area is 203 Å². The molecule has 0 spiro atoms. The molecule has 178 valence electrons. The molecule has 1 amide bonds. The molecule has 4 rings (SSSR count). The highest BCUT2D eigenvalue weighted by Gasteiger charge is 2.20. The van der Waals surface area contributed by atoms with Crippen molar-refractivity contribution in [2.75, 3.05) is 21.1 Å². The lowest BCUT2D eigenvalue weighted by molar-refractivity contribution is -0.127. The summed E-state index contributed by atoms with van der Waals surface area (Å²) in [5, 5.41) is 4.37. The van der Waals surface area contributed by atoms with Crippen molar-refractivity contribution >= 4 is 39.5 Å². The van der Waals surface area contributed by atoms with Crippen LogP contribution in [-0.2, 0) is 22.6 Å². The third-order valence-electron chi connectivity index (χ3n) is 5.60. The van der Waals surface area contributed by atoms with E-state index in [4.69, 9.17) is 14.7 Å². The number of aryl methyl sites for hydroxylation is 1.